The number of hydrazone groups is 1. The van der Waals surface area contributed by atoms with Crippen LogP contribution in [0.3, 0.4) is 0 Å². The topological polar surface area (TPSA) is 160 Å². The Bertz CT molecular complexity index is 1100. The molecule has 1 saturated heterocycles. The molecule has 12 heteroatoms. The molecule has 5 amide bonds. The molecule has 0 aromatic heterocycles. The zero-order chi connectivity index (χ0) is 22.5. The number of carbonyl (C=O) groups excluding carboxylic acids is 4. The predicted octanol–water partition coefficient (Wildman–Crippen LogP) is 1.22. The standard InChI is InChI=1S/C19H15N5O7/c1-31-15-5-3-2-4-14(15)23-18(27)13(17(26)21-19(23)28)10-20-22-16(25)11-6-8-12(9-7-11)24(29)30/h2-10,13H,1H3,(H,22,25)(H,21,26,28)/b20-10-/t13-/m0/s1. The number of rotatable bonds is 6. The molecule has 1 aliphatic rings. The van der Waals surface area contributed by atoms with Gasteiger partial charge in [-0.3, -0.25) is 29.8 Å². The maximum absolute atomic E-state index is 12.8. The van der Waals surface area contributed by atoms with E-state index in [4.69, 9.17) is 4.74 Å². The molecule has 158 valence electrons. The van der Waals surface area contributed by atoms with Crippen LogP contribution in [-0.4, -0.2) is 42.0 Å². The van der Waals surface area contributed by atoms with Crippen LogP contribution in [0.2, 0.25) is 0 Å². The molecule has 2 aromatic carbocycles. The van der Waals surface area contributed by atoms with Crippen LogP contribution < -0.4 is 20.4 Å². The Morgan fingerprint density at radius 2 is 1.87 bits per heavy atom. The molecule has 1 atom stereocenters. The first-order chi connectivity index (χ1) is 14.8. The summed E-state index contributed by atoms with van der Waals surface area (Å²) in [5, 5.41) is 16.3. The lowest BCUT2D eigenvalue weighted by molar-refractivity contribution is -0.384. The summed E-state index contributed by atoms with van der Waals surface area (Å²) in [5.41, 5.74) is 2.15. The van der Waals surface area contributed by atoms with Gasteiger partial charge < -0.3 is 4.74 Å². The van der Waals surface area contributed by atoms with Crippen molar-refractivity contribution in [1.82, 2.24) is 10.7 Å². The average Bonchev–Trinajstić information content (AvgIpc) is 2.76. The smallest absolute Gasteiger partial charge is 0.335 e. The van der Waals surface area contributed by atoms with Crippen LogP contribution in [0.15, 0.2) is 53.6 Å². The Morgan fingerprint density at radius 3 is 2.52 bits per heavy atom. The minimum atomic E-state index is -1.49. The van der Waals surface area contributed by atoms with Gasteiger partial charge in [-0.2, -0.15) is 5.10 Å². The maximum Gasteiger partial charge on any atom is 0.335 e. The minimum absolute atomic E-state index is 0.0769. The molecule has 0 bridgehead atoms. The highest BCUT2D eigenvalue weighted by Gasteiger charge is 2.41. The highest BCUT2D eigenvalue weighted by Crippen LogP contribution is 2.30. The number of carbonyl (C=O) groups is 4. The highest BCUT2D eigenvalue weighted by molar-refractivity contribution is 6.32. The van der Waals surface area contributed by atoms with Crippen molar-refractivity contribution in [3.8, 4) is 5.75 Å². The van der Waals surface area contributed by atoms with Gasteiger partial charge in [0, 0.05) is 23.9 Å². The number of nitrogens with zero attached hydrogens (tertiary/aromatic N) is 3. The number of para-hydroxylation sites is 2. The number of benzene rings is 2. The normalized spacial score (nSPS) is 16.2. The zero-order valence-electron chi connectivity index (χ0n) is 16.0. The van der Waals surface area contributed by atoms with E-state index in [1.807, 2.05) is 0 Å². The predicted molar refractivity (Wildman–Crippen MR) is 107 cm³/mol. The van der Waals surface area contributed by atoms with E-state index in [1.165, 1.54) is 25.3 Å². The molecular formula is C19H15N5O7. The summed E-state index contributed by atoms with van der Waals surface area (Å²) < 4.78 is 5.15. The number of nitro benzene ring substituents is 1. The SMILES string of the molecule is COc1ccccc1N1C(=O)NC(=O)[C@H](/C=N\NC(=O)c2ccc([N+](=O)[O-])cc2)C1=O. The Balaban J connectivity index is 1.75. The van der Waals surface area contributed by atoms with E-state index in [2.05, 4.69) is 15.8 Å². The van der Waals surface area contributed by atoms with Gasteiger partial charge in [-0.25, -0.2) is 15.1 Å². The second kappa shape index (κ2) is 8.82. The molecule has 2 aromatic rings. The number of amides is 5. The van der Waals surface area contributed by atoms with E-state index in [1.54, 1.807) is 18.2 Å². The van der Waals surface area contributed by atoms with Crippen LogP contribution >= 0.6 is 0 Å². The molecule has 2 N–H and O–H groups in total. The maximum atomic E-state index is 12.8. The number of nitro groups is 1. The third-order valence-corrected chi connectivity index (χ3v) is 4.26. The number of barbiturate groups is 1. The third-order valence-electron chi connectivity index (χ3n) is 4.26. The molecule has 3 rings (SSSR count). The van der Waals surface area contributed by atoms with Crippen LogP contribution in [-0.2, 0) is 9.59 Å². The monoisotopic (exact) mass is 425 g/mol. The Hall–Kier alpha value is -4.61. The summed E-state index contributed by atoms with van der Waals surface area (Å²) in [6.45, 7) is 0. The van der Waals surface area contributed by atoms with Crippen molar-refractivity contribution < 1.29 is 28.8 Å². The fourth-order valence-corrected chi connectivity index (χ4v) is 2.73. The van der Waals surface area contributed by atoms with Gasteiger partial charge in [0.1, 0.15) is 5.75 Å². The molecule has 1 fully saturated rings. The van der Waals surface area contributed by atoms with Gasteiger partial charge in [0.2, 0.25) is 5.91 Å². The fraction of sp³-hybridized carbons (Fsp3) is 0.105. The van der Waals surface area contributed by atoms with Crippen molar-refractivity contribution in [1.29, 1.82) is 0 Å². The number of urea groups is 1. The number of anilines is 1. The fourth-order valence-electron chi connectivity index (χ4n) is 2.73. The zero-order valence-corrected chi connectivity index (χ0v) is 16.0. The second-order valence-electron chi connectivity index (χ2n) is 6.14. The molecule has 0 unspecified atom stereocenters. The summed E-state index contributed by atoms with van der Waals surface area (Å²) in [6.07, 6.45) is 0.885. The molecular weight excluding hydrogens is 410 g/mol. The van der Waals surface area contributed by atoms with E-state index in [-0.39, 0.29) is 22.7 Å². The van der Waals surface area contributed by atoms with Gasteiger partial charge in [-0.05, 0) is 24.3 Å². The number of ether oxygens (including phenoxy) is 1. The lowest BCUT2D eigenvalue weighted by atomic mass is 10.1. The first kappa shape index (κ1) is 21.1. The van der Waals surface area contributed by atoms with Crippen molar-refractivity contribution >= 4 is 41.3 Å². The van der Waals surface area contributed by atoms with Crippen molar-refractivity contribution in [3.63, 3.8) is 0 Å². The van der Waals surface area contributed by atoms with E-state index < -0.39 is 34.6 Å². The first-order valence-electron chi connectivity index (χ1n) is 8.73. The number of methoxy groups -OCH3 is 1. The van der Waals surface area contributed by atoms with Gasteiger partial charge in [0.05, 0.1) is 17.7 Å². The Labute approximate surface area is 174 Å². The summed E-state index contributed by atoms with van der Waals surface area (Å²) in [6, 6.07) is 10.0. The van der Waals surface area contributed by atoms with Crippen molar-refractivity contribution in [2.24, 2.45) is 11.0 Å². The molecule has 0 spiro atoms. The second-order valence-corrected chi connectivity index (χ2v) is 6.14. The summed E-state index contributed by atoms with van der Waals surface area (Å²) in [5.74, 6) is -3.75. The van der Waals surface area contributed by atoms with Gasteiger partial charge in [0.25, 0.3) is 17.5 Å². The molecule has 0 radical (unpaired) electrons. The van der Waals surface area contributed by atoms with Crippen LogP contribution in [0.25, 0.3) is 0 Å². The summed E-state index contributed by atoms with van der Waals surface area (Å²) >= 11 is 0. The number of hydrogen-bond acceptors (Lipinski definition) is 8. The highest BCUT2D eigenvalue weighted by atomic mass is 16.6. The number of hydrogen-bond donors (Lipinski definition) is 2. The molecule has 0 aliphatic carbocycles. The van der Waals surface area contributed by atoms with E-state index in [0.717, 1.165) is 23.2 Å². The Kier molecular flexibility index (Phi) is 6.00. The number of imide groups is 2. The number of nitrogens with one attached hydrogen (secondary N) is 2. The van der Waals surface area contributed by atoms with Gasteiger partial charge in [-0.15, -0.1) is 0 Å². The lowest BCUT2D eigenvalue weighted by Gasteiger charge is -2.29. The Morgan fingerprint density at radius 1 is 1.19 bits per heavy atom. The third kappa shape index (κ3) is 4.37. The van der Waals surface area contributed by atoms with Crippen LogP contribution in [0.1, 0.15) is 10.4 Å². The van der Waals surface area contributed by atoms with Crippen LogP contribution in [0.5, 0.6) is 5.75 Å². The first-order valence-corrected chi connectivity index (χ1v) is 8.73. The molecule has 1 heterocycles. The molecule has 1 aliphatic heterocycles. The van der Waals surface area contributed by atoms with E-state index in [9.17, 15) is 29.3 Å². The van der Waals surface area contributed by atoms with Crippen molar-refractivity contribution in [2.75, 3.05) is 12.0 Å². The molecule has 12 nitrogen and oxygen atoms in total. The summed E-state index contributed by atoms with van der Waals surface area (Å²) in [4.78, 5) is 60.0. The van der Waals surface area contributed by atoms with Crippen molar-refractivity contribution in [3.05, 3.63) is 64.2 Å². The van der Waals surface area contributed by atoms with E-state index >= 15 is 0 Å². The minimum Gasteiger partial charge on any atom is -0.495 e. The van der Waals surface area contributed by atoms with E-state index in [0.29, 0.717) is 0 Å². The van der Waals surface area contributed by atoms with Gasteiger partial charge >= 0.3 is 6.03 Å². The molecule has 31 heavy (non-hydrogen) atoms. The quantitative estimate of drug-likeness (QED) is 0.304. The largest absolute Gasteiger partial charge is 0.495 e. The summed E-state index contributed by atoms with van der Waals surface area (Å²) in [7, 11) is 1.36. The van der Waals surface area contributed by atoms with Gasteiger partial charge in [0.15, 0.2) is 5.92 Å². The van der Waals surface area contributed by atoms with Crippen LogP contribution in [0, 0.1) is 16.0 Å². The average molecular weight is 425 g/mol. The van der Waals surface area contributed by atoms with Crippen LogP contribution in [0.4, 0.5) is 16.2 Å². The lowest BCUT2D eigenvalue weighted by Crippen LogP contribution is -2.58. The van der Waals surface area contributed by atoms with Gasteiger partial charge in [-0.1, -0.05) is 12.1 Å². The molecule has 0 saturated carbocycles. The van der Waals surface area contributed by atoms with Crippen molar-refractivity contribution in [2.45, 2.75) is 0 Å². The number of non-ortho nitro benzene ring substituents is 1.